The Hall–Kier alpha value is 0. The molecule has 4 aliphatic rings. The first-order valence-corrected chi connectivity index (χ1v) is 10.6. The maximum Gasteiger partial charge on any atom is -0.0323 e. The highest BCUT2D eigenvalue weighted by molar-refractivity contribution is 4.96. The summed E-state index contributed by atoms with van der Waals surface area (Å²) in [5.41, 5.74) is 0.629. The van der Waals surface area contributed by atoms with Crippen LogP contribution in [0.1, 0.15) is 97.3 Å². The third kappa shape index (κ3) is 2.89. The van der Waals surface area contributed by atoms with E-state index in [1.165, 1.54) is 25.7 Å². The molecular weight excluding hydrogens is 264 g/mol. The Labute approximate surface area is 138 Å². The van der Waals surface area contributed by atoms with Crippen molar-refractivity contribution in [2.24, 2.45) is 40.9 Å². The molecule has 0 amide bonds. The molecule has 0 aromatic rings. The van der Waals surface area contributed by atoms with Crippen LogP contribution < -0.4 is 0 Å². The van der Waals surface area contributed by atoms with Gasteiger partial charge in [-0.05, 0) is 79.4 Å². The van der Waals surface area contributed by atoms with Gasteiger partial charge in [0.05, 0.1) is 0 Å². The fourth-order valence-electron chi connectivity index (χ4n) is 7.35. The zero-order chi connectivity index (χ0) is 15.2. The fraction of sp³-hybridized carbons (Fsp3) is 1.00. The van der Waals surface area contributed by atoms with Crippen molar-refractivity contribution in [1.29, 1.82) is 0 Å². The molecule has 4 rings (SSSR count). The summed E-state index contributed by atoms with van der Waals surface area (Å²) < 4.78 is 0. The molecular formula is C22H38. The molecule has 4 aliphatic carbocycles. The van der Waals surface area contributed by atoms with Crippen molar-refractivity contribution in [1.82, 2.24) is 0 Å². The number of fused-ring (bicyclic) bond motifs is 2. The van der Waals surface area contributed by atoms with Crippen molar-refractivity contribution in [3.05, 3.63) is 0 Å². The van der Waals surface area contributed by atoms with E-state index < -0.39 is 0 Å². The van der Waals surface area contributed by atoms with E-state index in [9.17, 15) is 0 Å². The largest absolute Gasteiger partial charge is 0.0596 e. The molecule has 22 heavy (non-hydrogen) atoms. The van der Waals surface area contributed by atoms with Gasteiger partial charge in [-0.3, -0.25) is 0 Å². The monoisotopic (exact) mass is 302 g/mol. The quantitative estimate of drug-likeness (QED) is 0.497. The molecule has 0 aromatic heterocycles. The van der Waals surface area contributed by atoms with Gasteiger partial charge in [0.1, 0.15) is 0 Å². The van der Waals surface area contributed by atoms with E-state index >= 15 is 0 Å². The predicted octanol–water partition coefficient (Wildman–Crippen LogP) is 6.84. The van der Waals surface area contributed by atoms with Crippen LogP contribution in [0.25, 0.3) is 0 Å². The Bertz CT molecular complexity index is 381. The van der Waals surface area contributed by atoms with E-state index in [-0.39, 0.29) is 0 Å². The highest BCUT2D eigenvalue weighted by Gasteiger charge is 2.46. The molecule has 6 atom stereocenters. The van der Waals surface area contributed by atoms with Crippen molar-refractivity contribution in [3.63, 3.8) is 0 Å². The average molecular weight is 303 g/mol. The summed E-state index contributed by atoms with van der Waals surface area (Å²) in [5, 5.41) is 0. The molecule has 0 N–H and O–H groups in total. The van der Waals surface area contributed by atoms with Crippen LogP contribution in [0, 0.1) is 40.9 Å². The lowest BCUT2D eigenvalue weighted by Crippen LogP contribution is -2.29. The molecule has 0 spiro atoms. The highest BCUT2D eigenvalue weighted by atomic mass is 14.5. The van der Waals surface area contributed by atoms with Gasteiger partial charge in [-0.25, -0.2) is 0 Å². The third-order valence-corrected chi connectivity index (χ3v) is 8.63. The highest BCUT2D eigenvalue weighted by Crippen LogP contribution is 2.56. The molecule has 0 nitrogen and oxygen atoms in total. The summed E-state index contributed by atoms with van der Waals surface area (Å²) >= 11 is 0. The standard InChI is InChI=1S/C22H38/c1-22(2)12-5-3-4-7-19-14-20(15-21(19)22)18-11-10-16-8-6-9-17(16)13-18/h16-21H,3-15H2,1-2H3. The first-order chi connectivity index (χ1) is 10.6. The van der Waals surface area contributed by atoms with Gasteiger partial charge in [0.2, 0.25) is 0 Å². The second kappa shape index (κ2) is 6.14. The fourth-order valence-corrected chi connectivity index (χ4v) is 7.35. The smallest absolute Gasteiger partial charge is 0.0323 e. The molecule has 0 saturated heterocycles. The van der Waals surface area contributed by atoms with Crippen molar-refractivity contribution >= 4 is 0 Å². The van der Waals surface area contributed by atoms with Gasteiger partial charge >= 0.3 is 0 Å². The van der Waals surface area contributed by atoms with Gasteiger partial charge in [0.15, 0.2) is 0 Å². The molecule has 0 bridgehead atoms. The molecule has 126 valence electrons. The zero-order valence-corrected chi connectivity index (χ0v) is 15.2. The van der Waals surface area contributed by atoms with Gasteiger partial charge in [0.25, 0.3) is 0 Å². The van der Waals surface area contributed by atoms with E-state index in [1.54, 1.807) is 57.8 Å². The minimum atomic E-state index is 0.629. The van der Waals surface area contributed by atoms with Crippen LogP contribution in [0.15, 0.2) is 0 Å². The molecule has 0 heteroatoms. The molecule has 0 aliphatic heterocycles. The third-order valence-electron chi connectivity index (χ3n) is 8.63. The minimum Gasteiger partial charge on any atom is -0.0596 e. The topological polar surface area (TPSA) is 0 Å². The minimum absolute atomic E-state index is 0.629. The summed E-state index contributed by atoms with van der Waals surface area (Å²) in [7, 11) is 0. The van der Waals surface area contributed by atoms with Gasteiger partial charge < -0.3 is 0 Å². The molecule has 6 unspecified atom stereocenters. The normalized spacial score (nSPS) is 48.3. The van der Waals surface area contributed by atoms with Crippen molar-refractivity contribution in [3.8, 4) is 0 Å². The Morgan fingerprint density at radius 1 is 0.545 bits per heavy atom. The molecule has 4 fully saturated rings. The number of hydrogen-bond donors (Lipinski definition) is 0. The molecule has 0 heterocycles. The van der Waals surface area contributed by atoms with E-state index in [2.05, 4.69) is 13.8 Å². The van der Waals surface area contributed by atoms with Crippen LogP contribution >= 0.6 is 0 Å². The lowest BCUT2D eigenvalue weighted by atomic mass is 9.67. The first kappa shape index (κ1) is 15.5. The van der Waals surface area contributed by atoms with Crippen molar-refractivity contribution < 1.29 is 0 Å². The Morgan fingerprint density at radius 3 is 2.14 bits per heavy atom. The Morgan fingerprint density at radius 2 is 1.23 bits per heavy atom. The summed E-state index contributed by atoms with van der Waals surface area (Å²) in [4.78, 5) is 0. The lowest BCUT2D eigenvalue weighted by Gasteiger charge is -2.38. The molecule has 0 aromatic carbocycles. The summed E-state index contributed by atoms with van der Waals surface area (Å²) in [6.45, 7) is 5.21. The summed E-state index contributed by atoms with van der Waals surface area (Å²) in [5.74, 6) is 6.64. The van der Waals surface area contributed by atoms with Crippen LogP contribution in [0.3, 0.4) is 0 Å². The number of rotatable bonds is 1. The van der Waals surface area contributed by atoms with E-state index in [0.717, 1.165) is 35.5 Å². The van der Waals surface area contributed by atoms with Crippen molar-refractivity contribution in [2.75, 3.05) is 0 Å². The van der Waals surface area contributed by atoms with Gasteiger partial charge in [0, 0.05) is 0 Å². The van der Waals surface area contributed by atoms with E-state index in [1.807, 2.05) is 0 Å². The SMILES string of the molecule is CC1(C)CCCCCC2CC(C3CCC4CCCC4C3)CC21. The lowest BCUT2D eigenvalue weighted by molar-refractivity contribution is 0.118. The average Bonchev–Trinajstić information content (AvgIpc) is 3.11. The predicted molar refractivity (Wildman–Crippen MR) is 94.7 cm³/mol. The second-order valence-corrected chi connectivity index (χ2v) is 10.2. The van der Waals surface area contributed by atoms with Crippen LogP contribution in [0.2, 0.25) is 0 Å². The van der Waals surface area contributed by atoms with Crippen LogP contribution in [0.4, 0.5) is 0 Å². The maximum absolute atomic E-state index is 2.60. The van der Waals surface area contributed by atoms with Gasteiger partial charge in [-0.2, -0.15) is 0 Å². The Balaban J connectivity index is 1.44. The second-order valence-electron chi connectivity index (χ2n) is 10.2. The van der Waals surface area contributed by atoms with Crippen LogP contribution in [0.5, 0.6) is 0 Å². The summed E-state index contributed by atoms with van der Waals surface area (Å²) in [6, 6.07) is 0. The van der Waals surface area contributed by atoms with Crippen LogP contribution in [-0.4, -0.2) is 0 Å². The van der Waals surface area contributed by atoms with Gasteiger partial charge in [-0.1, -0.05) is 58.8 Å². The van der Waals surface area contributed by atoms with Crippen molar-refractivity contribution in [2.45, 2.75) is 97.3 Å². The molecule has 4 saturated carbocycles. The van der Waals surface area contributed by atoms with Gasteiger partial charge in [-0.15, -0.1) is 0 Å². The van der Waals surface area contributed by atoms with Crippen LogP contribution in [-0.2, 0) is 0 Å². The maximum atomic E-state index is 2.60. The Kier molecular flexibility index (Phi) is 4.33. The first-order valence-electron chi connectivity index (χ1n) is 10.6. The van der Waals surface area contributed by atoms with E-state index in [4.69, 9.17) is 0 Å². The zero-order valence-electron chi connectivity index (χ0n) is 15.2. The molecule has 0 radical (unpaired) electrons. The van der Waals surface area contributed by atoms with E-state index in [0.29, 0.717) is 5.41 Å². The number of hydrogen-bond acceptors (Lipinski definition) is 0. The summed E-state index contributed by atoms with van der Waals surface area (Å²) in [6.07, 6.45) is 20.3.